The van der Waals surface area contributed by atoms with Gasteiger partial charge in [0.05, 0.1) is 6.61 Å². The second-order valence-electron chi connectivity index (χ2n) is 7.41. The molecule has 1 aliphatic rings. The van der Waals surface area contributed by atoms with E-state index in [9.17, 15) is 9.59 Å². The van der Waals surface area contributed by atoms with Gasteiger partial charge in [-0.05, 0) is 42.1 Å². The van der Waals surface area contributed by atoms with E-state index in [1.807, 2.05) is 0 Å². The van der Waals surface area contributed by atoms with Crippen molar-refractivity contribution in [2.24, 2.45) is 0 Å². The highest BCUT2D eigenvalue weighted by Gasteiger charge is 2.35. The molecule has 1 heterocycles. The summed E-state index contributed by atoms with van der Waals surface area (Å²) >= 11 is 19.2. The van der Waals surface area contributed by atoms with Crippen molar-refractivity contribution in [2.75, 3.05) is 20.3 Å². The van der Waals surface area contributed by atoms with Crippen molar-refractivity contribution >= 4 is 58.1 Å². The molecule has 0 aliphatic heterocycles. The summed E-state index contributed by atoms with van der Waals surface area (Å²) in [5, 5.41) is 3.76. The van der Waals surface area contributed by atoms with E-state index in [4.69, 9.17) is 39.5 Å². The van der Waals surface area contributed by atoms with E-state index < -0.39 is 11.9 Å². The van der Waals surface area contributed by atoms with Crippen molar-refractivity contribution in [1.82, 2.24) is 14.6 Å². The Morgan fingerprint density at radius 1 is 1.19 bits per heavy atom. The number of carbonyl (C=O) groups excluding carboxylic acids is 2. The molecular weight excluding hydrogens is 481 g/mol. The van der Waals surface area contributed by atoms with E-state index in [1.165, 1.54) is 18.4 Å². The lowest BCUT2D eigenvalue weighted by atomic mass is 9.94. The van der Waals surface area contributed by atoms with Crippen LogP contribution in [0.3, 0.4) is 0 Å². The number of halogens is 3. The van der Waals surface area contributed by atoms with Crippen molar-refractivity contribution in [1.29, 1.82) is 0 Å². The summed E-state index contributed by atoms with van der Waals surface area (Å²) in [6.07, 6.45) is 5.19. The number of nitrogens with zero attached hydrogens (tertiary/aromatic N) is 2. The first-order valence-corrected chi connectivity index (χ1v) is 12.0. The van der Waals surface area contributed by atoms with E-state index >= 15 is 0 Å². The Bertz CT molecular complexity index is 901. The molecule has 1 fully saturated rings. The fraction of sp³-hybridized carbons (Fsp3) is 0.476. The van der Waals surface area contributed by atoms with E-state index in [0.717, 1.165) is 37.2 Å². The number of hydrogen-bond acceptors (Lipinski definition) is 5. The fourth-order valence-corrected chi connectivity index (χ4v) is 4.82. The standard InChI is InChI=1S/C21H24Cl3N3O3S/c1-30-12-11-27(21(29)17-16(23)19(24)31-26-17)18(13-7-9-14(22)10-8-13)20(28)25-15-5-3-2-4-6-15/h7-10,15,18H,2-6,11-12H2,1H3,(H,25,28)/t18-/m0/s1. The molecule has 0 bridgehead atoms. The highest BCUT2D eigenvalue weighted by Crippen LogP contribution is 2.33. The predicted molar refractivity (Wildman–Crippen MR) is 124 cm³/mol. The molecule has 1 aliphatic carbocycles. The van der Waals surface area contributed by atoms with Gasteiger partial charge in [-0.25, -0.2) is 0 Å². The maximum Gasteiger partial charge on any atom is 0.276 e. The molecule has 1 atom stereocenters. The number of carbonyl (C=O) groups is 2. The zero-order valence-electron chi connectivity index (χ0n) is 17.1. The molecule has 0 radical (unpaired) electrons. The number of aromatic nitrogens is 1. The second kappa shape index (κ2) is 11.5. The third-order valence-corrected chi connectivity index (χ3v) is 7.16. The van der Waals surface area contributed by atoms with Crippen LogP contribution in [0.15, 0.2) is 24.3 Å². The lowest BCUT2D eigenvalue weighted by Crippen LogP contribution is -2.48. The van der Waals surface area contributed by atoms with Gasteiger partial charge >= 0.3 is 0 Å². The Morgan fingerprint density at radius 2 is 1.87 bits per heavy atom. The summed E-state index contributed by atoms with van der Waals surface area (Å²) in [6.45, 7) is 0.411. The molecule has 31 heavy (non-hydrogen) atoms. The molecule has 168 valence electrons. The second-order valence-corrected chi connectivity index (χ2v) is 9.60. The highest BCUT2D eigenvalue weighted by molar-refractivity contribution is 7.11. The number of benzene rings is 1. The maximum absolute atomic E-state index is 13.5. The Kier molecular flexibility index (Phi) is 8.98. The average Bonchev–Trinajstić information content (AvgIpc) is 3.10. The van der Waals surface area contributed by atoms with Crippen LogP contribution in [0.25, 0.3) is 0 Å². The summed E-state index contributed by atoms with van der Waals surface area (Å²) in [7, 11) is 1.54. The molecule has 1 saturated carbocycles. The fourth-order valence-electron chi connectivity index (χ4n) is 3.71. The van der Waals surface area contributed by atoms with E-state index in [-0.39, 0.29) is 40.2 Å². The minimum Gasteiger partial charge on any atom is -0.383 e. The van der Waals surface area contributed by atoms with Crippen LogP contribution < -0.4 is 5.32 Å². The van der Waals surface area contributed by atoms with Gasteiger partial charge in [-0.15, -0.1) is 0 Å². The van der Waals surface area contributed by atoms with Crippen LogP contribution in [0.5, 0.6) is 0 Å². The van der Waals surface area contributed by atoms with Crippen LogP contribution in [0.1, 0.15) is 54.2 Å². The van der Waals surface area contributed by atoms with Crippen molar-refractivity contribution < 1.29 is 14.3 Å². The maximum atomic E-state index is 13.5. The van der Waals surface area contributed by atoms with Crippen molar-refractivity contribution in [3.8, 4) is 0 Å². The first-order valence-electron chi connectivity index (χ1n) is 10.1. The topological polar surface area (TPSA) is 71.5 Å². The van der Waals surface area contributed by atoms with Crippen molar-refractivity contribution in [3.05, 3.63) is 49.9 Å². The van der Waals surface area contributed by atoms with Crippen LogP contribution in [0, 0.1) is 0 Å². The van der Waals surface area contributed by atoms with Gasteiger partial charge in [0.2, 0.25) is 5.91 Å². The first kappa shape index (κ1) is 24.3. The Labute approximate surface area is 201 Å². The SMILES string of the molecule is COCCN(C(=O)c1nsc(Cl)c1Cl)[C@H](C(=O)NC1CCCCC1)c1ccc(Cl)cc1. The molecule has 2 aromatic rings. The average molecular weight is 505 g/mol. The Balaban J connectivity index is 1.97. The molecule has 1 N–H and O–H groups in total. The van der Waals surface area contributed by atoms with Crippen LogP contribution in [-0.4, -0.2) is 47.4 Å². The minimum absolute atomic E-state index is 0.0252. The van der Waals surface area contributed by atoms with Gasteiger partial charge in [-0.3, -0.25) is 9.59 Å². The van der Waals surface area contributed by atoms with Gasteiger partial charge in [0.1, 0.15) is 15.4 Å². The van der Waals surface area contributed by atoms with Gasteiger partial charge < -0.3 is 15.0 Å². The zero-order valence-corrected chi connectivity index (χ0v) is 20.2. The molecule has 1 aromatic heterocycles. The Morgan fingerprint density at radius 3 is 2.45 bits per heavy atom. The number of ether oxygens (including phenoxy) is 1. The minimum atomic E-state index is -0.890. The molecule has 0 saturated heterocycles. The number of hydrogen-bond donors (Lipinski definition) is 1. The molecule has 2 amide bonds. The number of nitrogens with one attached hydrogen (secondary N) is 1. The summed E-state index contributed by atoms with van der Waals surface area (Å²) in [5.41, 5.74) is 0.664. The van der Waals surface area contributed by atoms with Gasteiger partial charge in [-0.2, -0.15) is 4.37 Å². The summed E-state index contributed by atoms with van der Waals surface area (Å²) in [4.78, 5) is 28.3. The molecule has 1 aromatic carbocycles. The molecular formula is C21H24Cl3N3O3S. The van der Waals surface area contributed by atoms with Gasteiger partial charge in [0.15, 0.2) is 5.69 Å². The lowest BCUT2D eigenvalue weighted by molar-refractivity contribution is -0.127. The van der Waals surface area contributed by atoms with E-state index in [0.29, 0.717) is 10.6 Å². The molecule has 0 unspecified atom stereocenters. The largest absolute Gasteiger partial charge is 0.383 e. The number of amides is 2. The number of methoxy groups -OCH3 is 1. The lowest BCUT2D eigenvalue weighted by Gasteiger charge is -2.33. The van der Waals surface area contributed by atoms with E-state index in [1.54, 1.807) is 24.3 Å². The quantitative estimate of drug-likeness (QED) is 0.524. The van der Waals surface area contributed by atoms with Crippen molar-refractivity contribution in [2.45, 2.75) is 44.2 Å². The predicted octanol–water partition coefficient (Wildman–Crippen LogP) is 5.38. The van der Waals surface area contributed by atoms with Gasteiger partial charge in [0.25, 0.3) is 5.91 Å². The molecule has 3 rings (SSSR count). The van der Waals surface area contributed by atoms with Crippen molar-refractivity contribution in [3.63, 3.8) is 0 Å². The number of rotatable bonds is 8. The van der Waals surface area contributed by atoms with E-state index in [2.05, 4.69) is 9.69 Å². The van der Waals surface area contributed by atoms with Crippen LogP contribution in [0.4, 0.5) is 0 Å². The smallest absolute Gasteiger partial charge is 0.276 e. The Hall–Kier alpha value is -1.38. The molecule has 10 heteroatoms. The molecule has 0 spiro atoms. The summed E-state index contributed by atoms with van der Waals surface area (Å²) < 4.78 is 9.54. The van der Waals surface area contributed by atoms with Crippen LogP contribution in [0.2, 0.25) is 14.4 Å². The zero-order chi connectivity index (χ0) is 22.4. The van der Waals surface area contributed by atoms with Crippen LogP contribution in [-0.2, 0) is 9.53 Å². The summed E-state index contributed by atoms with van der Waals surface area (Å²) in [5.74, 6) is -0.736. The van der Waals surface area contributed by atoms with Crippen LogP contribution >= 0.6 is 46.3 Å². The normalized spacial score (nSPS) is 15.5. The summed E-state index contributed by atoms with van der Waals surface area (Å²) in [6, 6.07) is 6.09. The molecule has 6 nitrogen and oxygen atoms in total. The first-order chi connectivity index (χ1) is 14.9. The highest BCUT2D eigenvalue weighted by atomic mass is 35.5. The van der Waals surface area contributed by atoms with Gasteiger partial charge in [-0.1, -0.05) is 66.2 Å². The third kappa shape index (κ3) is 6.11. The monoisotopic (exact) mass is 503 g/mol. The van der Waals surface area contributed by atoms with Gasteiger partial charge in [0, 0.05) is 24.7 Å². The third-order valence-electron chi connectivity index (χ3n) is 5.29.